The van der Waals surface area contributed by atoms with Crippen LogP contribution >= 0.6 is 0 Å². The van der Waals surface area contributed by atoms with Crippen LogP contribution in [0.25, 0.3) is 0 Å². The van der Waals surface area contributed by atoms with Crippen LogP contribution in [0.5, 0.6) is 11.5 Å². The van der Waals surface area contributed by atoms with Gasteiger partial charge in [0.15, 0.2) is 23.0 Å². The summed E-state index contributed by atoms with van der Waals surface area (Å²) in [7, 11) is 3.03. The fourth-order valence-corrected chi connectivity index (χ4v) is 2.98. The van der Waals surface area contributed by atoms with E-state index in [1.165, 1.54) is 14.2 Å². The molecule has 0 saturated heterocycles. The van der Waals surface area contributed by atoms with Gasteiger partial charge in [0, 0.05) is 17.4 Å². The first kappa shape index (κ1) is 21.6. The predicted molar refractivity (Wildman–Crippen MR) is 116 cm³/mol. The number of nitrogen functional groups attached to an aromatic ring is 1. The summed E-state index contributed by atoms with van der Waals surface area (Å²) in [6.45, 7) is 3.64. The summed E-state index contributed by atoms with van der Waals surface area (Å²) in [4.78, 5) is 25.0. The third-order valence-corrected chi connectivity index (χ3v) is 4.58. The number of ether oxygens (including phenoxy) is 2. The van der Waals surface area contributed by atoms with Crippen LogP contribution in [0, 0.1) is 13.8 Å². The van der Waals surface area contributed by atoms with Crippen LogP contribution in [0.3, 0.4) is 0 Å². The molecule has 4 N–H and O–H groups in total. The SMILES string of the molecule is COc1ccc(NC(=O)Cn2nnc(C(=O)Nc3ccc(C)cc3C)c2N)cc1OC. The number of hydrogen-bond acceptors (Lipinski definition) is 7. The number of aromatic nitrogens is 3. The van der Waals surface area contributed by atoms with E-state index in [0.29, 0.717) is 22.9 Å². The van der Waals surface area contributed by atoms with Gasteiger partial charge in [-0.3, -0.25) is 9.59 Å². The van der Waals surface area contributed by atoms with Gasteiger partial charge in [0.05, 0.1) is 14.2 Å². The molecule has 0 spiro atoms. The van der Waals surface area contributed by atoms with Crippen molar-refractivity contribution in [3.63, 3.8) is 0 Å². The zero-order valence-corrected chi connectivity index (χ0v) is 17.7. The van der Waals surface area contributed by atoms with Crippen molar-refractivity contribution >= 4 is 29.0 Å². The summed E-state index contributed by atoms with van der Waals surface area (Å²) >= 11 is 0. The van der Waals surface area contributed by atoms with Gasteiger partial charge < -0.3 is 25.8 Å². The molecule has 0 bridgehead atoms. The maximum atomic E-state index is 12.6. The molecular formula is C21H24N6O4. The molecule has 10 heteroatoms. The van der Waals surface area contributed by atoms with E-state index in [1.807, 2.05) is 26.0 Å². The average Bonchev–Trinajstić information content (AvgIpc) is 3.10. The smallest absolute Gasteiger partial charge is 0.280 e. The molecule has 0 aliphatic rings. The molecule has 0 atom stereocenters. The van der Waals surface area contributed by atoms with E-state index >= 15 is 0 Å². The molecule has 3 rings (SSSR count). The largest absolute Gasteiger partial charge is 0.493 e. The van der Waals surface area contributed by atoms with Gasteiger partial charge in [0.1, 0.15) is 6.54 Å². The zero-order valence-electron chi connectivity index (χ0n) is 17.7. The third kappa shape index (κ3) is 4.92. The number of nitrogens with zero attached hydrogens (tertiary/aromatic N) is 3. The molecule has 1 heterocycles. The first-order chi connectivity index (χ1) is 14.8. The molecule has 0 fully saturated rings. The number of rotatable bonds is 7. The van der Waals surface area contributed by atoms with Crippen LogP contribution in [-0.2, 0) is 11.3 Å². The Morgan fingerprint density at radius 2 is 1.77 bits per heavy atom. The van der Waals surface area contributed by atoms with Crippen molar-refractivity contribution in [1.82, 2.24) is 15.0 Å². The molecule has 31 heavy (non-hydrogen) atoms. The Morgan fingerprint density at radius 3 is 2.45 bits per heavy atom. The molecule has 0 saturated carbocycles. The lowest BCUT2D eigenvalue weighted by atomic mass is 10.1. The number of nitrogens with one attached hydrogen (secondary N) is 2. The molecule has 10 nitrogen and oxygen atoms in total. The second kappa shape index (κ2) is 9.16. The van der Waals surface area contributed by atoms with Gasteiger partial charge in [-0.15, -0.1) is 5.10 Å². The minimum atomic E-state index is -0.504. The number of hydrogen-bond donors (Lipinski definition) is 3. The lowest BCUT2D eigenvalue weighted by molar-refractivity contribution is -0.116. The van der Waals surface area contributed by atoms with Gasteiger partial charge in [-0.1, -0.05) is 22.9 Å². The van der Waals surface area contributed by atoms with E-state index in [-0.39, 0.29) is 18.1 Å². The summed E-state index contributed by atoms with van der Waals surface area (Å²) < 4.78 is 11.6. The van der Waals surface area contributed by atoms with E-state index in [0.717, 1.165) is 15.8 Å². The molecule has 0 aliphatic heterocycles. The van der Waals surface area contributed by atoms with Crippen LogP contribution in [-0.4, -0.2) is 41.0 Å². The van der Waals surface area contributed by atoms with Crippen LogP contribution in [0.4, 0.5) is 17.2 Å². The maximum Gasteiger partial charge on any atom is 0.280 e. The standard InChI is InChI=1S/C21H24N6O4/c1-12-5-7-15(13(2)9-12)24-21(29)19-20(22)27(26-25-19)11-18(28)23-14-6-8-16(30-3)17(10-14)31-4/h5-10H,11,22H2,1-4H3,(H,23,28)(H,24,29). The normalized spacial score (nSPS) is 10.5. The number of carbonyl (C=O) groups is 2. The fraction of sp³-hybridized carbons (Fsp3) is 0.238. The Bertz CT molecular complexity index is 1130. The highest BCUT2D eigenvalue weighted by Gasteiger charge is 2.20. The van der Waals surface area contributed by atoms with Crippen molar-refractivity contribution in [2.24, 2.45) is 0 Å². The maximum absolute atomic E-state index is 12.6. The third-order valence-electron chi connectivity index (χ3n) is 4.58. The molecule has 3 aromatic rings. The van der Waals surface area contributed by atoms with Gasteiger partial charge in [0.2, 0.25) is 5.91 Å². The Kier molecular flexibility index (Phi) is 6.39. The number of amides is 2. The lowest BCUT2D eigenvalue weighted by Gasteiger charge is -2.11. The molecule has 162 valence electrons. The number of nitrogens with two attached hydrogens (primary N) is 1. The Morgan fingerprint density at radius 1 is 1.03 bits per heavy atom. The average molecular weight is 424 g/mol. The summed E-state index contributed by atoms with van der Waals surface area (Å²) in [5.41, 5.74) is 9.10. The van der Waals surface area contributed by atoms with Gasteiger partial charge in [-0.2, -0.15) is 0 Å². The Labute approximate surface area is 179 Å². The topological polar surface area (TPSA) is 133 Å². The quantitative estimate of drug-likeness (QED) is 0.530. The second-order valence-electron chi connectivity index (χ2n) is 6.87. The lowest BCUT2D eigenvalue weighted by Crippen LogP contribution is -2.21. The van der Waals surface area contributed by atoms with Crippen LogP contribution in [0.1, 0.15) is 21.6 Å². The van der Waals surface area contributed by atoms with Crippen molar-refractivity contribution in [2.45, 2.75) is 20.4 Å². The molecule has 2 aromatic carbocycles. The monoisotopic (exact) mass is 424 g/mol. The molecular weight excluding hydrogens is 400 g/mol. The van der Waals surface area contributed by atoms with E-state index < -0.39 is 11.8 Å². The highest BCUT2D eigenvalue weighted by atomic mass is 16.5. The van der Waals surface area contributed by atoms with Crippen LogP contribution in [0.2, 0.25) is 0 Å². The van der Waals surface area contributed by atoms with E-state index in [9.17, 15) is 9.59 Å². The molecule has 0 aliphatic carbocycles. The van der Waals surface area contributed by atoms with E-state index in [2.05, 4.69) is 20.9 Å². The molecule has 0 radical (unpaired) electrons. The number of benzene rings is 2. The highest BCUT2D eigenvalue weighted by Crippen LogP contribution is 2.29. The predicted octanol–water partition coefficient (Wildman–Crippen LogP) is 2.39. The summed E-state index contributed by atoms with van der Waals surface area (Å²) in [6.07, 6.45) is 0. The number of anilines is 3. The number of carbonyl (C=O) groups excluding carboxylic acids is 2. The first-order valence-corrected chi connectivity index (χ1v) is 9.41. The van der Waals surface area contributed by atoms with Gasteiger partial charge in [-0.05, 0) is 37.6 Å². The van der Waals surface area contributed by atoms with Crippen molar-refractivity contribution < 1.29 is 19.1 Å². The Hall–Kier alpha value is -4.08. The van der Waals surface area contributed by atoms with Gasteiger partial charge >= 0.3 is 0 Å². The van der Waals surface area contributed by atoms with Crippen molar-refractivity contribution in [1.29, 1.82) is 0 Å². The van der Waals surface area contributed by atoms with Crippen molar-refractivity contribution in [3.8, 4) is 11.5 Å². The number of aryl methyl sites for hydroxylation is 2. The summed E-state index contributed by atoms with van der Waals surface area (Å²) in [6, 6.07) is 10.6. The molecule has 2 amide bonds. The molecule has 1 aromatic heterocycles. The fourth-order valence-electron chi connectivity index (χ4n) is 2.98. The highest BCUT2D eigenvalue weighted by molar-refractivity contribution is 6.06. The summed E-state index contributed by atoms with van der Waals surface area (Å²) in [5.74, 6) is 0.109. The van der Waals surface area contributed by atoms with E-state index in [4.69, 9.17) is 15.2 Å². The van der Waals surface area contributed by atoms with Crippen molar-refractivity contribution in [3.05, 3.63) is 53.2 Å². The van der Waals surface area contributed by atoms with Gasteiger partial charge in [-0.25, -0.2) is 4.68 Å². The molecule has 0 unspecified atom stereocenters. The van der Waals surface area contributed by atoms with Gasteiger partial charge in [0.25, 0.3) is 5.91 Å². The summed E-state index contributed by atoms with van der Waals surface area (Å²) in [5, 5.41) is 13.1. The van der Waals surface area contributed by atoms with E-state index in [1.54, 1.807) is 24.3 Å². The van der Waals surface area contributed by atoms with Crippen LogP contribution < -0.4 is 25.8 Å². The minimum absolute atomic E-state index is 0.00951. The number of methoxy groups -OCH3 is 2. The second-order valence-corrected chi connectivity index (χ2v) is 6.87. The Balaban J connectivity index is 1.68. The van der Waals surface area contributed by atoms with Crippen molar-refractivity contribution in [2.75, 3.05) is 30.6 Å². The zero-order chi connectivity index (χ0) is 22.5. The minimum Gasteiger partial charge on any atom is -0.493 e. The first-order valence-electron chi connectivity index (χ1n) is 9.41. The van der Waals surface area contributed by atoms with Crippen LogP contribution in [0.15, 0.2) is 36.4 Å².